The largest absolute Gasteiger partial charge is 0.345 e. The number of hydrogen-bond donors (Lipinski definition) is 1. The predicted octanol–water partition coefficient (Wildman–Crippen LogP) is 2.27. The van der Waals surface area contributed by atoms with E-state index in [1.165, 1.54) is 12.0 Å². The van der Waals surface area contributed by atoms with Crippen molar-refractivity contribution in [3.63, 3.8) is 0 Å². The number of rotatable bonds is 1. The summed E-state index contributed by atoms with van der Waals surface area (Å²) in [7, 11) is 0. The highest BCUT2D eigenvalue weighted by Crippen LogP contribution is 2.24. The van der Waals surface area contributed by atoms with Gasteiger partial charge in [0, 0.05) is 19.1 Å². The van der Waals surface area contributed by atoms with E-state index >= 15 is 0 Å². The van der Waals surface area contributed by atoms with E-state index in [0.29, 0.717) is 19.0 Å². The van der Waals surface area contributed by atoms with E-state index in [-0.39, 0.29) is 11.9 Å². The zero-order valence-corrected chi connectivity index (χ0v) is 13.2. The highest BCUT2D eigenvalue weighted by atomic mass is 16.2. The molecule has 4 heteroatoms. The van der Waals surface area contributed by atoms with Gasteiger partial charge in [0.25, 0.3) is 0 Å². The van der Waals surface area contributed by atoms with E-state index < -0.39 is 5.91 Å². The Morgan fingerprint density at radius 3 is 2.64 bits per heavy atom. The molecule has 1 aliphatic carbocycles. The molecule has 2 amide bonds. The molecule has 1 aromatic rings. The SMILES string of the molecule is CC1CCCCC1NC(=O)C(=O)N1CCc2ccccc2C1. The lowest BCUT2D eigenvalue weighted by Crippen LogP contribution is -2.50. The third-order valence-electron chi connectivity index (χ3n) is 5.04. The first-order valence-electron chi connectivity index (χ1n) is 8.31. The number of hydrogen-bond acceptors (Lipinski definition) is 2. The van der Waals surface area contributed by atoms with Gasteiger partial charge in [-0.1, -0.05) is 44.0 Å². The minimum atomic E-state index is -0.432. The van der Waals surface area contributed by atoms with Crippen LogP contribution in [0.15, 0.2) is 24.3 Å². The van der Waals surface area contributed by atoms with E-state index in [2.05, 4.69) is 18.3 Å². The van der Waals surface area contributed by atoms with Crippen molar-refractivity contribution in [1.29, 1.82) is 0 Å². The molecular weight excluding hydrogens is 276 g/mol. The molecular formula is C18H24N2O2. The second-order valence-corrected chi connectivity index (χ2v) is 6.59. The van der Waals surface area contributed by atoms with Crippen molar-refractivity contribution in [2.75, 3.05) is 6.54 Å². The third-order valence-corrected chi connectivity index (χ3v) is 5.04. The molecule has 1 aromatic carbocycles. The normalized spacial score (nSPS) is 24.5. The Morgan fingerprint density at radius 2 is 1.86 bits per heavy atom. The molecule has 3 rings (SSSR count). The second kappa shape index (κ2) is 6.51. The van der Waals surface area contributed by atoms with E-state index in [9.17, 15) is 9.59 Å². The van der Waals surface area contributed by atoms with Crippen LogP contribution in [0, 0.1) is 5.92 Å². The second-order valence-electron chi connectivity index (χ2n) is 6.59. The monoisotopic (exact) mass is 300 g/mol. The van der Waals surface area contributed by atoms with Gasteiger partial charge in [-0.2, -0.15) is 0 Å². The maximum absolute atomic E-state index is 12.4. The van der Waals surface area contributed by atoms with Gasteiger partial charge in [-0.15, -0.1) is 0 Å². The Bertz CT molecular complexity index is 570. The number of benzene rings is 1. The van der Waals surface area contributed by atoms with Crippen LogP contribution in [-0.2, 0) is 22.6 Å². The number of amides is 2. The summed E-state index contributed by atoms with van der Waals surface area (Å²) in [5.41, 5.74) is 2.44. The van der Waals surface area contributed by atoms with Crippen LogP contribution in [0.25, 0.3) is 0 Å². The Labute approximate surface area is 131 Å². The first-order chi connectivity index (χ1) is 10.6. The molecule has 1 N–H and O–H groups in total. The summed E-state index contributed by atoms with van der Waals surface area (Å²) < 4.78 is 0. The molecule has 0 aromatic heterocycles. The molecule has 0 radical (unpaired) electrons. The number of nitrogens with zero attached hydrogens (tertiary/aromatic N) is 1. The van der Waals surface area contributed by atoms with E-state index in [1.54, 1.807) is 4.90 Å². The minimum Gasteiger partial charge on any atom is -0.345 e. The molecule has 2 aliphatic rings. The van der Waals surface area contributed by atoms with Gasteiger partial charge in [-0.05, 0) is 36.3 Å². The van der Waals surface area contributed by atoms with Crippen molar-refractivity contribution in [2.45, 2.75) is 51.6 Å². The van der Waals surface area contributed by atoms with Crippen molar-refractivity contribution in [1.82, 2.24) is 10.2 Å². The molecule has 22 heavy (non-hydrogen) atoms. The highest BCUT2D eigenvalue weighted by Gasteiger charge is 2.29. The van der Waals surface area contributed by atoms with Gasteiger partial charge in [0.15, 0.2) is 0 Å². The first kappa shape index (κ1) is 15.1. The molecule has 1 saturated carbocycles. The van der Waals surface area contributed by atoms with Gasteiger partial charge >= 0.3 is 11.8 Å². The van der Waals surface area contributed by atoms with E-state index in [4.69, 9.17) is 0 Å². The van der Waals surface area contributed by atoms with E-state index in [1.807, 2.05) is 18.2 Å². The third kappa shape index (κ3) is 3.16. The standard InChI is InChI=1S/C18H24N2O2/c1-13-6-2-5-9-16(13)19-17(21)18(22)20-11-10-14-7-3-4-8-15(14)12-20/h3-4,7-8,13,16H,2,5-6,9-12H2,1H3,(H,19,21). The summed E-state index contributed by atoms with van der Waals surface area (Å²) in [6.45, 7) is 3.33. The Balaban J connectivity index is 1.61. The van der Waals surface area contributed by atoms with Gasteiger partial charge in [0.05, 0.1) is 0 Å². The summed E-state index contributed by atoms with van der Waals surface area (Å²) in [6, 6.07) is 8.29. The maximum atomic E-state index is 12.4. The molecule has 2 atom stereocenters. The lowest BCUT2D eigenvalue weighted by molar-refractivity contribution is -0.147. The highest BCUT2D eigenvalue weighted by molar-refractivity contribution is 6.35. The van der Waals surface area contributed by atoms with Crippen molar-refractivity contribution in [3.05, 3.63) is 35.4 Å². The number of nitrogens with one attached hydrogen (secondary N) is 1. The lowest BCUT2D eigenvalue weighted by atomic mass is 9.86. The van der Waals surface area contributed by atoms with Crippen LogP contribution in [0.2, 0.25) is 0 Å². The van der Waals surface area contributed by atoms with Crippen molar-refractivity contribution in [2.24, 2.45) is 5.92 Å². The Hall–Kier alpha value is -1.84. The molecule has 2 unspecified atom stereocenters. The van der Waals surface area contributed by atoms with Crippen LogP contribution in [0.4, 0.5) is 0 Å². The molecule has 0 spiro atoms. The van der Waals surface area contributed by atoms with Crippen molar-refractivity contribution >= 4 is 11.8 Å². The van der Waals surface area contributed by atoms with Crippen LogP contribution < -0.4 is 5.32 Å². The van der Waals surface area contributed by atoms with Crippen molar-refractivity contribution < 1.29 is 9.59 Å². The van der Waals surface area contributed by atoms with Gasteiger partial charge in [0.1, 0.15) is 0 Å². The topological polar surface area (TPSA) is 49.4 Å². The lowest BCUT2D eigenvalue weighted by Gasteiger charge is -2.31. The smallest absolute Gasteiger partial charge is 0.312 e. The average molecular weight is 300 g/mol. The van der Waals surface area contributed by atoms with Crippen LogP contribution in [0.1, 0.15) is 43.7 Å². The van der Waals surface area contributed by atoms with Crippen molar-refractivity contribution in [3.8, 4) is 0 Å². The van der Waals surface area contributed by atoms with Crippen LogP contribution >= 0.6 is 0 Å². The minimum absolute atomic E-state index is 0.155. The van der Waals surface area contributed by atoms with Gasteiger partial charge in [-0.25, -0.2) is 0 Å². The van der Waals surface area contributed by atoms with Gasteiger partial charge < -0.3 is 10.2 Å². The molecule has 4 nitrogen and oxygen atoms in total. The van der Waals surface area contributed by atoms with Crippen LogP contribution in [0.3, 0.4) is 0 Å². The summed E-state index contributed by atoms with van der Waals surface area (Å²) in [5.74, 6) is -0.349. The zero-order chi connectivity index (χ0) is 15.5. The number of carbonyl (C=O) groups excluding carboxylic acids is 2. The van der Waals surface area contributed by atoms with Crippen LogP contribution in [-0.4, -0.2) is 29.3 Å². The summed E-state index contributed by atoms with van der Waals surface area (Å²) in [4.78, 5) is 26.3. The van der Waals surface area contributed by atoms with Crippen LogP contribution in [0.5, 0.6) is 0 Å². The van der Waals surface area contributed by atoms with Gasteiger partial charge in [0.2, 0.25) is 0 Å². The molecule has 1 heterocycles. The summed E-state index contributed by atoms with van der Waals surface area (Å²) >= 11 is 0. The Morgan fingerprint density at radius 1 is 1.14 bits per heavy atom. The molecule has 0 bridgehead atoms. The Kier molecular flexibility index (Phi) is 4.46. The summed E-state index contributed by atoms with van der Waals surface area (Å²) in [6.07, 6.45) is 5.32. The van der Waals surface area contributed by atoms with E-state index in [0.717, 1.165) is 31.2 Å². The average Bonchev–Trinajstić information content (AvgIpc) is 2.55. The molecule has 118 valence electrons. The zero-order valence-electron chi connectivity index (χ0n) is 13.2. The summed E-state index contributed by atoms with van der Waals surface area (Å²) in [5, 5.41) is 2.96. The maximum Gasteiger partial charge on any atom is 0.312 e. The number of carbonyl (C=O) groups is 2. The molecule has 1 aliphatic heterocycles. The fourth-order valence-electron chi connectivity index (χ4n) is 3.57. The quantitative estimate of drug-likeness (QED) is 0.809. The van der Waals surface area contributed by atoms with Gasteiger partial charge in [-0.3, -0.25) is 9.59 Å². The number of fused-ring (bicyclic) bond motifs is 1. The first-order valence-corrected chi connectivity index (χ1v) is 8.31. The fourth-order valence-corrected chi connectivity index (χ4v) is 3.57. The fraction of sp³-hybridized carbons (Fsp3) is 0.556. The predicted molar refractivity (Wildman–Crippen MR) is 85.1 cm³/mol. The molecule has 0 saturated heterocycles. The molecule has 1 fully saturated rings.